The molecule has 10 unspecified atom stereocenters. The number of fused-ring (bicyclic) bond motifs is 1. The average molecular weight is 487 g/mol. The van der Waals surface area contributed by atoms with Crippen molar-refractivity contribution in [1.29, 1.82) is 0 Å². The molecule has 6 fully saturated rings. The van der Waals surface area contributed by atoms with Gasteiger partial charge in [0.2, 0.25) is 0 Å². The summed E-state index contributed by atoms with van der Waals surface area (Å²) in [5, 5.41) is 11.8. The molecule has 4 aliphatic heterocycles. The second kappa shape index (κ2) is 6.18. The Kier molecular flexibility index (Phi) is 3.88. The van der Waals surface area contributed by atoms with E-state index in [1.54, 1.807) is 12.3 Å². The van der Waals surface area contributed by atoms with Crippen LogP contribution >= 0.6 is 0 Å². The van der Waals surface area contributed by atoms with E-state index in [1.807, 2.05) is 27.7 Å². The number of hydrogen-bond donors (Lipinski definition) is 1. The van der Waals surface area contributed by atoms with E-state index in [1.165, 1.54) is 6.26 Å². The van der Waals surface area contributed by atoms with Gasteiger partial charge in [0.15, 0.2) is 17.5 Å². The summed E-state index contributed by atoms with van der Waals surface area (Å²) in [5.41, 5.74) is -4.55. The van der Waals surface area contributed by atoms with E-state index in [2.05, 4.69) is 0 Å². The lowest BCUT2D eigenvalue weighted by Crippen LogP contribution is -2.78. The molecule has 188 valence electrons. The van der Waals surface area contributed by atoms with E-state index in [0.29, 0.717) is 24.8 Å². The molecule has 2 saturated carbocycles. The van der Waals surface area contributed by atoms with Gasteiger partial charge >= 0.3 is 11.9 Å². The molecule has 0 radical (unpaired) electrons. The first-order valence-corrected chi connectivity index (χ1v) is 12.5. The van der Waals surface area contributed by atoms with Crippen molar-refractivity contribution < 1.29 is 42.9 Å². The number of Topliss-reactive ketones (excluding diaryl/α,β-unsaturated/α-hetero) is 1. The molecule has 2 spiro atoms. The molecule has 6 aliphatic rings. The van der Waals surface area contributed by atoms with E-state index >= 15 is 0 Å². The first kappa shape index (κ1) is 22.0. The van der Waals surface area contributed by atoms with Crippen LogP contribution in [0.5, 0.6) is 0 Å². The van der Waals surface area contributed by atoms with Crippen LogP contribution < -0.4 is 0 Å². The number of epoxide rings is 1. The number of cyclic esters (lactones) is 1. The summed E-state index contributed by atoms with van der Waals surface area (Å²) >= 11 is 0. The van der Waals surface area contributed by atoms with E-state index < -0.39 is 75.6 Å². The summed E-state index contributed by atoms with van der Waals surface area (Å²) in [7, 11) is 0. The van der Waals surface area contributed by atoms with Crippen molar-refractivity contribution >= 4 is 17.7 Å². The van der Waals surface area contributed by atoms with Crippen molar-refractivity contribution in [1.82, 2.24) is 0 Å². The van der Waals surface area contributed by atoms with Crippen LogP contribution in [0.25, 0.3) is 0 Å². The largest absolute Gasteiger partial charge is 0.472 e. The van der Waals surface area contributed by atoms with Gasteiger partial charge in [-0.1, -0.05) is 13.8 Å². The van der Waals surface area contributed by atoms with Gasteiger partial charge < -0.3 is 28.5 Å². The molecule has 5 heterocycles. The highest BCUT2D eigenvalue weighted by atomic mass is 16.7. The number of rotatable bonds is 1. The third kappa shape index (κ3) is 2.14. The molecular formula is C26H30O9. The van der Waals surface area contributed by atoms with Crippen molar-refractivity contribution in [3.05, 3.63) is 24.2 Å². The average Bonchev–Trinajstić information content (AvgIpc) is 3.26. The second-order valence-corrected chi connectivity index (χ2v) is 12.2. The number of aliphatic hydroxyl groups excluding tert-OH is 1. The Morgan fingerprint density at radius 3 is 2.51 bits per heavy atom. The van der Waals surface area contributed by atoms with Crippen LogP contribution in [0.15, 0.2) is 23.0 Å². The zero-order valence-corrected chi connectivity index (χ0v) is 20.2. The number of carbonyl (C=O) groups excluding carboxylic acids is 3. The van der Waals surface area contributed by atoms with Crippen LogP contribution in [-0.4, -0.2) is 57.9 Å². The molecule has 4 saturated heterocycles. The Morgan fingerprint density at radius 1 is 1.03 bits per heavy atom. The Balaban J connectivity index is 1.44. The Labute approximate surface area is 202 Å². The van der Waals surface area contributed by atoms with Gasteiger partial charge in [-0.05, 0) is 39.2 Å². The molecule has 0 amide bonds. The molecule has 2 aliphatic carbocycles. The summed E-state index contributed by atoms with van der Waals surface area (Å²) in [4.78, 5) is 40.0. The monoisotopic (exact) mass is 486 g/mol. The van der Waals surface area contributed by atoms with Gasteiger partial charge in [0.1, 0.15) is 17.8 Å². The van der Waals surface area contributed by atoms with Crippen molar-refractivity contribution in [3.8, 4) is 0 Å². The topological polar surface area (TPSA) is 125 Å². The fraction of sp³-hybridized carbons (Fsp3) is 0.731. The summed E-state index contributed by atoms with van der Waals surface area (Å²) in [6.07, 6.45) is 1.39. The number of aliphatic hydroxyl groups is 1. The quantitative estimate of drug-likeness (QED) is 0.470. The van der Waals surface area contributed by atoms with Gasteiger partial charge in [-0.15, -0.1) is 0 Å². The summed E-state index contributed by atoms with van der Waals surface area (Å²) in [5.74, 6) is -2.56. The molecule has 35 heavy (non-hydrogen) atoms. The minimum Gasteiger partial charge on any atom is -0.472 e. The maximum absolute atomic E-state index is 14.1. The maximum atomic E-state index is 14.1. The van der Waals surface area contributed by atoms with Crippen molar-refractivity contribution in [2.75, 3.05) is 0 Å². The fourth-order valence-electron chi connectivity index (χ4n) is 9.27. The van der Waals surface area contributed by atoms with Crippen LogP contribution in [-0.2, 0) is 33.3 Å². The van der Waals surface area contributed by atoms with E-state index in [-0.39, 0.29) is 12.4 Å². The van der Waals surface area contributed by atoms with Gasteiger partial charge in [0.05, 0.1) is 30.1 Å². The Bertz CT molecular complexity index is 1160. The lowest BCUT2D eigenvalue weighted by atomic mass is 9.39. The van der Waals surface area contributed by atoms with Crippen LogP contribution in [0.4, 0.5) is 0 Å². The van der Waals surface area contributed by atoms with Gasteiger partial charge in [-0.25, -0.2) is 4.79 Å². The summed E-state index contributed by atoms with van der Waals surface area (Å²) in [6, 6.07) is 1.76. The molecular weight excluding hydrogens is 456 g/mol. The van der Waals surface area contributed by atoms with Crippen molar-refractivity contribution in [2.24, 2.45) is 22.7 Å². The molecule has 9 nitrogen and oxygen atoms in total. The standard InChI is InChI=1S/C26H30O9/c1-22(2)17-16(28)18(29)24(4)13(25(17)14(33-22)5-6-15(27)34-25)7-9-23(3)19(12-8-10-31-11-12)32-21(30)20-26(23,24)35-20/h8,10-11,13-14,17-20,29H,5-7,9H2,1-4H3. The van der Waals surface area contributed by atoms with Gasteiger partial charge in [0, 0.05) is 28.7 Å². The highest BCUT2D eigenvalue weighted by Crippen LogP contribution is 2.79. The predicted octanol–water partition coefficient (Wildman–Crippen LogP) is 2.25. The summed E-state index contributed by atoms with van der Waals surface area (Å²) < 4.78 is 30.1. The molecule has 1 N–H and O–H groups in total. The number of ether oxygens (including phenoxy) is 4. The van der Waals surface area contributed by atoms with E-state index in [0.717, 1.165) is 0 Å². The number of furan rings is 1. The third-order valence-corrected chi connectivity index (χ3v) is 10.5. The molecule has 0 bridgehead atoms. The lowest BCUT2D eigenvalue weighted by Gasteiger charge is -2.66. The Hall–Kier alpha value is -2.23. The van der Waals surface area contributed by atoms with Crippen LogP contribution in [0.1, 0.15) is 65.0 Å². The molecule has 9 heteroatoms. The molecule has 1 aromatic rings. The molecule has 1 aromatic heterocycles. The number of hydrogen-bond acceptors (Lipinski definition) is 9. The summed E-state index contributed by atoms with van der Waals surface area (Å²) in [6.45, 7) is 7.48. The van der Waals surface area contributed by atoms with Gasteiger partial charge in [-0.2, -0.15) is 0 Å². The molecule has 7 rings (SSSR count). The third-order valence-electron chi connectivity index (χ3n) is 10.5. The zero-order valence-electron chi connectivity index (χ0n) is 20.2. The highest BCUT2D eigenvalue weighted by molar-refractivity contribution is 5.92. The lowest BCUT2D eigenvalue weighted by molar-refractivity contribution is -0.268. The van der Waals surface area contributed by atoms with Crippen LogP contribution in [0, 0.1) is 22.7 Å². The number of carbonyl (C=O) groups is 3. The normalized spacial score (nSPS) is 53.3. The minimum absolute atomic E-state index is 0.215. The van der Waals surface area contributed by atoms with Crippen molar-refractivity contribution in [2.45, 2.75) is 94.6 Å². The number of ketones is 1. The maximum Gasteiger partial charge on any atom is 0.339 e. The fourth-order valence-corrected chi connectivity index (χ4v) is 9.27. The van der Waals surface area contributed by atoms with Gasteiger partial charge in [-0.3, -0.25) is 9.59 Å². The van der Waals surface area contributed by atoms with Crippen molar-refractivity contribution in [3.63, 3.8) is 0 Å². The zero-order chi connectivity index (χ0) is 24.8. The Morgan fingerprint density at radius 2 is 1.80 bits per heavy atom. The predicted molar refractivity (Wildman–Crippen MR) is 116 cm³/mol. The van der Waals surface area contributed by atoms with Gasteiger partial charge in [0.25, 0.3) is 0 Å². The van der Waals surface area contributed by atoms with Crippen LogP contribution in [0.3, 0.4) is 0 Å². The second-order valence-electron chi connectivity index (χ2n) is 12.2. The SMILES string of the molecule is CC1(C)OC2CCC(=O)OC23C1C(=O)C(O)C1(C)C3CCC2(C)C(c3ccoc3)OC(=O)C3OC321. The highest BCUT2D eigenvalue weighted by Gasteiger charge is 2.91. The minimum atomic E-state index is -1.43. The van der Waals surface area contributed by atoms with E-state index in [9.17, 15) is 19.5 Å². The first-order valence-electron chi connectivity index (χ1n) is 12.5. The van der Waals surface area contributed by atoms with E-state index in [4.69, 9.17) is 23.4 Å². The molecule has 0 aromatic carbocycles. The first-order chi connectivity index (χ1) is 16.4. The molecule has 10 atom stereocenters. The smallest absolute Gasteiger partial charge is 0.339 e. The number of esters is 2. The van der Waals surface area contributed by atoms with Crippen LogP contribution in [0.2, 0.25) is 0 Å².